The van der Waals surface area contributed by atoms with Crippen molar-refractivity contribution >= 4 is 0 Å². The Morgan fingerprint density at radius 1 is 1.40 bits per heavy atom. The summed E-state index contributed by atoms with van der Waals surface area (Å²) < 4.78 is 10.4. The highest BCUT2D eigenvalue weighted by atomic mass is 16.7. The summed E-state index contributed by atoms with van der Waals surface area (Å²) in [6, 6.07) is 0.389. The average molecular weight is 216 g/mol. The third-order valence-corrected chi connectivity index (χ3v) is 3.23. The van der Waals surface area contributed by atoms with Crippen LogP contribution in [0.5, 0.6) is 0 Å². The van der Waals surface area contributed by atoms with Crippen molar-refractivity contribution in [1.82, 2.24) is 4.90 Å². The number of hydrogen-bond donors (Lipinski definition) is 1. The van der Waals surface area contributed by atoms with Gasteiger partial charge in [0.15, 0.2) is 6.29 Å². The Hall–Kier alpha value is -0.160. The van der Waals surface area contributed by atoms with Crippen molar-refractivity contribution in [2.24, 2.45) is 11.7 Å². The van der Waals surface area contributed by atoms with E-state index in [4.69, 9.17) is 15.2 Å². The van der Waals surface area contributed by atoms with Crippen LogP contribution in [-0.2, 0) is 9.47 Å². The smallest absolute Gasteiger partial charge is 0.158 e. The molecule has 90 valence electrons. The first kappa shape index (κ1) is 12.9. The van der Waals surface area contributed by atoms with Gasteiger partial charge in [-0.3, -0.25) is 4.90 Å². The van der Waals surface area contributed by atoms with E-state index in [1.807, 2.05) is 0 Å². The maximum atomic E-state index is 5.80. The molecule has 2 N–H and O–H groups in total. The summed E-state index contributed by atoms with van der Waals surface area (Å²) in [5, 5.41) is 0. The zero-order chi connectivity index (χ0) is 11.3. The standard InChI is InChI=1S/C11H24N2O2/c1-9-4-5-13(8-9)10(7-12)6-11(14-2)15-3/h9-11H,4-8,12H2,1-3H3. The SMILES string of the molecule is COC(CC(CN)N1CCC(C)C1)OC. The van der Waals surface area contributed by atoms with Gasteiger partial charge in [-0.25, -0.2) is 0 Å². The van der Waals surface area contributed by atoms with E-state index >= 15 is 0 Å². The molecular weight excluding hydrogens is 192 g/mol. The summed E-state index contributed by atoms with van der Waals surface area (Å²) in [7, 11) is 3.35. The van der Waals surface area contributed by atoms with Gasteiger partial charge in [0.1, 0.15) is 0 Å². The maximum absolute atomic E-state index is 5.80. The number of nitrogens with two attached hydrogens (primary N) is 1. The minimum Gasteiger partial charge on any atom is -0.356 e. The van der Waals surface area contributed by atoms with Gasteiger partial charge in [0.25, 0.3) is 0 Å². The highest BCUT2D eigenvalue weighted by Gasteiger charge is 2.27. The quantitative estimate of drug-likeness (QED) is 0.663. The molecule has 1 aliphatic heterocycles. The van der Waals surface area contributed by atoms with Gasteiger partial charge in [-0.15, -0.1) is 0 Å². The molecule has 4 heteroatoms. The summed E-state index contributed by atoms with van der Waals surface area (Å²) in [5.41, 5.74) is 5.80. The van der Waals surface area contributed by atoms with E-state index in [0.29, 0.717) is 12.6 Å². The van der Waals surface area contributed by atoms with Crippen molar-refractivity contribution in [3.63, 3.8) is 0 Å². The molecule has 2 atom stereocenters. The van der Waals surface area contributed by atoms with E-state index in [9.17, 15) is 0 Å². The van der Waals surface area contributed by atoms with Crippen LogP contribution < -0.4 is 5.73 Å². The first-order valence-electron chi connectivity index (χ1n) is 5.71. The van der Waals surface area contributed by atoms with Crippen LogP contribution in [0.2, 0.25) is 0 Å². The van der Waals surface area contributed by atoms with E-state index in [1.54, 1.807) is 14.2 Å². The molecule has 0 aromatic rings. The van der Waals surface area contributed by atoms with Crippen LogP contribution in [-0.4, -0.2) is 51.1 Å². The largest absolute Gasteiger partial charge is 0.356 e. The van der Waals surface area contributed by atoms with Crippen LogP contribution in [0.1, 0.15) is 19.8 Å². The maximum Gasteiger partial charge on any atom is 0.158 e. The molecule has 1 saturated heterocycles. The fraction of sp³-hybridized carbons (Fsp3) is 1.00. The zero-order valence-corrected chi connectivity index (χ0v) is 10.1. The summed E-state index contributed by atoms with van der Waals surface area (Å²) in [6.45, 7) is 5.28. The van der Waals surface area contributed by atoms with Gasteiger partial charge in [0.05, 0.1) is 0 Å². The summed E-state index contributed by atoms with van der Waals surface area (Å²) >= 11 is 0. The Bertz CT molecular complexity index is 174. The second-order valence-electron chi connectivity index (χ2n) is 4.41. The molecular formula is C11H24N2O2. The molecule has 1 aliphatic rings. The summed E-state index contributed by atoms with van der Waals surface area (Å²) in [5.74, 6) is 0.794. The minimum absolute atomic E-state index is 0.130. The second kappa shape index (κ2) is 6.43. The third-order valence-electron chi connectivity index (χ3n) is 3.23. The van der Waals surface area contributed by atoms with Gasteiger partial charge < -0.3 is 15.2 Å². The predicted molar refractivity (Wildman–Crippen MR) is 60.6 cm³/mol. The Morgan fingerprint density at radius 2 is 2.07 bits per heavy atom. The highest BCUT2D eigenvalue weighted by Crippen LogP contribution is 2.20. The van der Waals surface area contributed by atoms with Gasteiger partial charge in [0, 0.05) is 39.8 Å². The van der Waals surface area contributed by atoms with Crippen molar-refractivity contribution in [2.75, 3.05) is 33.9 Å². The fourth-order valence-electron chi connectivity index (χ4n) is 2.21. The second-order valence-corrected chi connectivity index (χ2v) is 4.41. The van der Waals surface area contributed by atoms with Crippen LogP contribution in [0.4, 0.5) is 0 Å². The minimum atomic E-state index is -0.130. The molecule has 15 heavy (non-hydrogen) atoms. The molecule has 0 spiro atoms. The molecule has 0 radical (unpaired) electrons. The Morgan fingerprint density at radius 3 is 2.47 bits per heavy atom. The normalized spacial score (nSPS) is 25.0. The van der Waals surface area contributed by atoms with Gasteiger partial charge in [0.2, 0.25) is 0 Å². The van der Waals surface area contributed by atoms with Crippen molar-refractivity contribution in [3.05, 3.63) is 0 Å². The molecule has 1 rings (SSSR count). The average Bonchev–Trinajstić information content (AvgIpc) is 2.67. The topological polar surface area (TPSA) is 47.7 Å². The first-order chi connectivity index (χ1) is 7.21. The molecule has 0 aliphatic carbocycles. The van der Waals surface area contributed by atoms with E-state index < -0.39 is 0 Å². The van der Waals surface area contributed by atoms with Gasteiger partial charge in [-0.05, 0) is 18.9 Å². The molecule has 0 aromatic heterocycles. The lowest BCUT2D eigenvalue weighted by molar-refractivity contribution is -0.115. The molecule has 1 heterocycles. The zero-order valence-electron chi connectivity index (χ0n) is 10.1. The van der Waals surface area contributed by atoms with Gasteiger partial charge in [-0.1, -0.05) is 6.92 Å². The number of nitrogens with zero attached hydrogens (tertiary/aromatic N) is 1. The lowest BCUT2D eigenvalue weighted by Crippen LogP contribution is -2.42. The van der Waals surface area contributed by atoms with Crippen molar-refractivity contribution < 1.29 is 9.47 Å². The highest BCUT2D eigenvalue weighted by molar-refractivity contribution is 4.81. The van der Waals surface area contributed by atoms with E-state index in [0.717, 1.165) is 25.4 Å². The van der Waals surface area contributed by atoms with Crippen molar-refractivity contribution in [3.8, 4) is 0 Å². The Labute approximate surface area is 92.7 Å². The van der Waals surface area contributed by atoms with Crippen molar-refractivity contribution in [1.29, 1.82) is 0 Å². The number of hydrogen-bond acceptors (Lipinski definition) is 4. The van der Waals surface area contributed by atoms with Crippen molar-refractivity contribution in [2.45, 2.75) is 32.1 Å². The molecule has 0 bridgehead atoms. The van der Waals surface area contributed by atoms with Crippen LogP contribution in [0.3, 0.4) is 0 Å². The number of rotatable bonds is 6. The van der Waals surface area contributed by atoms with E-state index in [2.05, 4.69) is 11.8 Å². The predicted octanol–water partition coefficient (Wildman–Crippen LogP) is 0.664. The number of ether oxygens (including phenoxy) is 2. The van der Waals surface area contributed by atoms with Crippen LogP contribution >= 0.6 is 0 Å². The molecule has 0 saturated carbocycles. The number of methoxy groups -OCH3 is 2. The van der Waals surface area contributed by atoms with Gasteiger partial charge >= 0.3 is 0 Å². The van der Waals surface area contributed by atoms with E-state index in [1.165, 1.54) is 6.42 Å². The fourth-order valence-corrected chi connectivity index (χ4v) is 2.21. The van der Waals surface area contributed by atoms with Crippen LogP contribution in [0, 0.1) is 5.92 Å². The Kier molecular flexibility index (Phi) is 5.53. The van der Waals surface area contributed by atoms with E-state index in [-0.39, 0.29) is 6.29 Å². The van der Waals surface area contributed by atoms with Crippen LogP contribution in [0.25, 0.3) is 0 Å². The first-order valence-corrected chi connectivity index (χ1v) is 5.71. The van der Waals surface area contributed by atoms with Crippen LogP contribution in [0.15, 0.2) is 0 Å². The third kappa shape index (κ3) is 3.72. The number of likely N-dealkylation sites (tertiary alicyclic amines) is 1. The monoisotopic (exact) mass is 216 g/mol. The molecule has 1 fully saturated rings. The summed E-state index contributed by atoms with van der Waals surface area (Å²) in [4.78, 5) is 2.45. The molecule has 2 unspecified atom stereocenters. The van der Waals surface area contributed by atoms with Gasteiger partial charge in [-0.2, -0.15) is 0 Å². The lowest BCUT2D eigenvalue weighted by atomic mass is 10.1. The molecule has 0 aromatic carbocycles. The molecule has 0 amide bonds. The lowest BCUT2D eigenvalue weighted by Gasteiger charge is -2.29. The summed E-state index contributed by atoms with van der Waals surface area (Å²) in [6.07, 6.45) is 2.01. The molecule has 4 nitrogen and oxygen atoms in total. The Balaban J connectivity index is 2.41.